The molecule has 1 aliphatic rings. The van der Waals surface area contributed by atoms with Crippen LogP contribution in [0.3, 0.4) is 0 Å². The van der Waals surface area contributed by atoms with Crippen LogP contribution < -0.4 is 5.56 Å². The maximum Gasteiger partial charge on any atom is 0.267 e. The van der Waals surface area contributed by atoms with Gasteiger partial charge >= 0.3 is 0 Å². The third-order valence-corrected chi connectivity index (χ3v) is 3.24. The Morgan fingerprint density at radius 3 is 2.47 bits per heavy atom. The Kier molecular flexibility index (Phi) is 2.98. The predicted molar refractivity (Wildman–Crippen MR) is 61.3 cm³/mol. The summed E-state index contributed by atoms with van der Waals surface area (Å²) in [5.41, 5.74) is 2.44. The normalized spacial score (nSPS) is 17.3. The largest absolute Gasteiger partial charge is 0.286 e. The second-order valence-corrected chi connectivity index (χ2v) is 4.74. The maximum absolute atomic E-state index is 11.8. The zero-order chi connectivity index (χ0) is 10.8. The van der Waals surface area contributed by atoms with Crippen LogP contribution in [0.5, 0.6) is 0 Å². The molecule has 0 aliphatic heterocycles. The average Bonchev–Trinajstić information content (AvgIpc) is 2.42. The van der Waals surface area contributed by atoms with Gasteiger partial charge in [0.25, 0.3) is 5.56 Å². The fourth-order valence-corrected chi connectivity index (χ4v) is 2.44. The summed E-state index contributed by atoms with van der Waals surface area (Å²) in [5.74, 6) is 0. The SMILES string of the molecule is CC(C)n1[nH]c(=O)c2c1CCCCCC2. The highest BCUT2D eigenvalue weighted by atomic mass is 16.1. The van der Waals surface area contributed by atoms with Gasteiger partial charge in [-0.3, -0.25) is 14.6 Å². The van der Waals surface area contributed by atoms with Crippen LogP contribution in [0, 0.1) is 0 Å². The van der Waals surface area contributed by atoms with Gasteiger partial charge in [0.15, 0.2) is 0 Å². The quantitative estimate of drug-likeness (QED) is 0.756. The first-order chi connectivity index (χ1) is 7.20. The fourth-order valence-electron chi connectivity index (χ4n) is 2.44. The molecule has 2 rings (SSSR count). The molecule has 0 atom stereocenters. The maximum atomic E-state index is 11.8. The molecule has 0 spiro atoms. The summed E-state index contributed by atoms with van der Waals surface area (Å²) in [6, 6.07) is 0.362. The summed E-state index contributed by atoms with van der Waals surface area (Å²) in [5, 5.41) is 2.97. The van der Waals surface area contributed by atoms with Crippen molar-refractivity contribution < 1.29 is 0 Å². The van der Waals surface area contributed by atoms with Gasteiger partial charge in [0, 0.05) is 17.3 Å². The number of aromatic nitrogens is 2. The molecule has 0 aromatic carbocycles. The topological polar surface area (TPSA) is 37.8 Å². The first kappa shape index (κ1) is 10.5. The molecule has 0 saturated carbocycles. The van der Waals surface area contributed by atoms with Crippen molar-refractivity contribution in [2.75, 3.05) is 0 Å². The van der Waals surface area contributed by atoms with Crippen molar-refractivity contribution in [1.29, 1.82) is 0 Å². The number of hydrogen-bond donors (Lipinski definition) is 1. The number of fused-ring (bicyclic) bond motifs is 1. The van der Waals surface area contributed by atoms with Gasteiger partial charge in [-0.1, -0.05) is 12.8 Å². The van der Waals surface area contributed by atoms with Gasteiger partial charge < -0.3 is 0 Å². The molecule has 1 aromatic heterocycles. The van der Waals surface area contributed by atoms with Crippen LogP contribution in [0.25, 0.3) is 0 Å². The summed E-state index contributed by atoms with van der Waals surface area (Å²) >= 11 is 0. The van der Waals surface area contributed by atoms with Crippen LogP contribution in [-0.4, -0.2) is 9.78 Å². The van der Waals surface area contributed by atoms with E-state index in [-0.39, 0.29) is 5.56 Å². The number of aromatic amines is 1. The van der Waals surface area contributed by atoms with Crippen molar-refractivity contribution in [3.05, 3.63) is 21.6 Å². The van der Waals surface area contributed by atoms with E-state index in [1.165, 1.54) is 25.0 Å². The Bertz CT molecular complexity index is 387. The second-order valence-electron chi connectivity index (χ2n) is 4.74. The first-order valence-electron chi connectivity index (χ1n) is 6.02. The fraction of sp³-hybridized carbons (Fsp3) is 0.750. The minimum Gasteiger partial charge on any atom is -0.286 e. The minimum absolute atomic E-state index is 0.139. The Labute approximate surface area is 90.5 Å². The lowest BCUT2D eigenvalue weighted by Crippen LogP contribution is -2.10. The summed E-state index contributed by atoms with van der Waals surface area (Å²) < 4.78 is 2.06. The monoisotopic (exact) mass is 208 g/mol. The van der Waals surface area contributed by atoms with E-state index in [0.717, 1.165) is 24.8 Å². The molecule has 0 unspecified atom stereocenters. The van der Waals surface area contributed by atoms with E-state index in [0.29, 0.717) is 6.04 Å². The highest BCUT2D eigenvalue weighted by Crippen LogP contribution is 2.19. The first-order valence-corrected chi connectivity index (χ1v) is 6.02. The van der Waals surface area contributed by atoms with Crippen molar-refractivity contribution >= 4 is 0 Å². The molecule has 0 amide bonds. The molecule has 3 nitrogen and oxygen atoms in total. The zero-order valence-corrected chi connectivity index (χ0v) is 9.68. The van der Waals surface area contributed by atoms with Crippen LogP contribution in [-0.2, 0) is 12.8 Å². The van der Waals surface area contributed by atoms with Crippen molar-refractivity contribution in [3.63, 3.8) is 0 Å². The second kappa shape index (κ2) is 4.25. The van der Waals surface area contributed by atoms with Gasteiger partial charge in [-0.15, -0.1) is 0 Å². The van der Waals surface area contributed by atoms with Crippen LogP contribution in [0.1, 0.15) is 56.8 Å². The lowest BCUT2D eigenvalue weighted by atomic mass is 9.98. The van der Waals surface area contributed by atoms with Crippen LogP contribution in [0.4, 0.5) is 0 Å². The molecule has 15 heavy (non-hydrogen) atoms. The predicted octanol–water partition coefficient (Wildman–Crippen LogP) is 2.42. The smallest absolute Gasteiger partial charge is 0.267 e. The minimum atomic E-state index is 0.139. The van der Waals surface area contributed by atoms with Crippen LogP contribution in [0.15, 0.2) is 4.79 Å². The number of H-pyrrole nitrogens is 1. The van der Waals surface area contributed by atoms with E-state index < -0.39 is 0 Å². The van der Waals surface area contributed by atoms with E-state index in [9.17, 15) is 4.79 Å². The molecule has 1 aliphatic carbocycles. The number of nitrogens with one attached hydrogen (secondary N) is 1. The van der Waals surface area contributed by atoms with Gasteiger partial charge in [-0.25, -0.2) is 0 Å². The van der Waals surface area contributed by atoms with Crippen LogP contribution in [0.2, 0.25) is 0 Å². The third kappa shape index (κ3) is 2.01. The van der Waals surface area contributed by atoms with Crippen molar-refractivity contribution in [1.82, 2.24) is 9.78 Å². The number of rotatable bonds is 1. The van der Waals surface area contributed by atoms with Crippen LogP contribution >= 0.6 is 0 Å². The lowest BCUT2D eigenvalue weighted by molar-refractivity contribution is 0.492. The van der Waals surface area contributed by atoms with Gasteiger partial charge in [-0.05, 0) is 39.5 Å². The zero-order valence-electron chi connectivity index (χ0n) is 9.68. The third-order valence-electron chi connectivity index (χ3n) is 3.24. The summed E-state index contributed by atoms with van der Waals surface area (Å²) in [6.07, 6.45) is 6.98. The van der Waals surface area contributed by atoms with Crippen molar-refractivity contribution in [2.24, 2.45) is 0 Å². The Hall–Kier alpha value is -0.990. The van der Waals surface area contributed by atoms with E-state index in [1.54, 1.807) is 0 Å². The molecule has 84 valence electrons. The van der Waals surface area contributed by atoms with E-state index in [2.05, 4.69) is 23.6 Å². The molecular formula is C12H20N2O. The van der Waals surface area contributed by atoms with E-state index in [4.69, 9.17) is 0 Å². The molecule has 0 saturated heterocycles. The van der Waals surface area contributed by atoms with Gasteiger partial charge in [0.2, 0.25) is 0 Å². The summed E-state index contributed by atoms with van der Waals surface area (Å²) in [4.78, 5) is 11.8. The van der Waals surface area contributed by atoms with Crippen molar-refractivity contribution in [3.8, 4) is 0 Å². The van der Waals surface area contributed by atoms with E-state index in [1.807, 2.05) is 0 Å². The van der Waals surface area contributed by atoms with Crippen molar-refractivity contribution in [2.45, 2.75) is 58.4 Å². The Morgan fingerprint density at radius 2 is 1.80 bits per heavy atom. The van der Waals surface area contributed by atoms with Gasteiger partial charge in [-0.2, -0.15) is 0 Å². The van der Waals surface area contributed by atoms with Gasteiger partial charge in [0.05, 0.1) is 0 Å². The molecule has 1 heterocycles. The lowest BCUT2D eigenvalue weighted by Gasteiger charge is -2.15. The van der Waals surface area contributed by atoms with E-state index >= 15 is 0 Å². The standard InChI is InChI=1S/C12H20N2O/c1-9(2)14-11-8-6-4-3-5-7-10(11)12(15)13-14/h9H,3-8H2,1-2H3,(H,13,15). The molecule has 1 N–H and O–H groups in total. The highest BCUT2D eigenvalue weighted by Gasteiger charge is 2.17. The molecule has 0 bridgehead atoms. The Morgan fingerprint density at radius 1 is 1.13 bits per heavy atom. The molecule has 3 heteroatoms. The summed E-state index contributed by atoms with van der Waals surface area (Å²) in [6.45, 7) is 4.24. The molecule has 0 fully saturated rings. The molecular weight excluding hydrogens is 188 g/mol. The molecule has 1 aromatic rings. The molecule has 0 radical (unpaired) electrons. The number of hydrogen-bond acceptors (Lipinski definition) is 1. The average molecular weight is 208 g/mol. The Balaban J connectivity index is 2.43. The van der Waals surface area contributed by atoms with Gasteiger partial charge in [0.1, 0.15) is 0 Å². The highest BCUT2D eigenvalue weighted by molar-refractivity contribution is 5.19. The number of nitrogens with zero attached hydrogens (tertiary/aromatic N) is 1. The summed E-state index contributed by atoms with van der Waals surface area (Å²) in [7, 11) is 0.